The Hall–Kier alpha value is -0.340. The Labute approximate surface area is 106 Å². The monoisotopic (exact) mass is 194 g/mol. The third-order valence-electron chi connectivity index (χ3n) is 2.23. The molecule has 0 aliphatic carbocycles. The molecule has 0 heterocycles. The molecular formula is C12H11NaO. The number of rotatable bonds is 1. The van der Waals surface area contributed by atoms with Crippen LogP contribution in [-0.2, 0) is 6.61 Å². The van der Waals surface area contributed by atoms with Gasteiger partial charge in [0.15, 0.2) is 0 Å². The van der Waals surface area contributed by atoms with Gasteiger partial charge in [0.25, 0.3) is 0 Å². The van der Waals surface area contributed by atoms with Crippen molar-refractivity contribution in [3.05, 3.63) is 47.5 Å². The molecule has 0 fully saturated rings. The summed E-state index contributed by atoms with van der Waals surface area (Å²) in [7, 11) is 0. The minimum Gasteiger partial charge on any atom is -0.851 e. The minimum atomic E-state index is -0.135. The van der Waals surface area contributed by atoms with Crippen molar-refractivity contribution in [2.24, 2.45) is 0 Å². The SMILES string of the molecule is Cc1ccc2cc(C[O-])ccc2c1.[Na+]. The fourth-order valence-electron chi connectivity index (χ4n) is 1.50. The van der Waals surface area contributed by atoms with Gasteiger partial charge in [0, 0.05) is 0 Å². The largest absolute Gasteiger partial charge is 1.00 e. The predicted molar refractivity (Wildman–Crippen MR) is 52.4 cm³/mol. The molecule has 66 valence electrons. The van der Waals surface area contributed by atoms with E-state index in [1.165, 1.54) is 10.9 Å². The van der Waals surface area contributed by atoms with E-state index in [1.54, 1.807) is 0 Å². The van der Waals surface area contributed by atoms with Gasteiger partial charge in [-0.2, -0.15) is 0 Å². The molecule has 0 radical (unpaired) electrons. The molecule has 0 amide bonds. The van der Waals surface area contributed by atoms with Crippen LogP contribution in [0.1, 0.15) is 11.1 Å². The Bertz CT molecular complexity index is 437. The quantitative estimate of drug-likeness (QED) is 0.535. The third kappa shape index (κ3) is 2.37. The molecular weight excluding hydrogens is 183 g/mol. The average molecular weight is 194 g/mol. The molecule has 2 aromatic carbocycles. The van der Waals surface area contributed by atoms with Crippen molar-refractivity contribution in [2.75, 3.05) is 0 Å². The standard InChI is InChI=1S/C12H11O.Na/c1-9-2-4-12-7-10(8-13)3-5-11(12)6-9;/h2-7H,8H2,1H3;/q-1;+1. The molecule has 0 spiro atoms. The van der Waals surface area contributed by atoms with Gasteiger partial charge in [0.05, 0.1) is 0 Å². The van der Waals surface area contributed by atoms with Crippen molar-refractivity contribution in [1.29, 1.82) is 0 Å². The van der Waals surface area contributed by atoms with Gasteiger partial charge in [-0.3, -0.25) is 0 Å². The van der Waals surface area contributed by atoms with Crippen LogP contribution in [-0.4, -0.2) is 0 Å². The second-order valence-corrected chi connectivity index (χ2v) is 3.33. The summed E-state index contributed by atoms with van der Waals surface area (Å²) in [5, 5.41) is 13.0. The summed E-state index contributed by atoms with van der Waals surface area (Å²) in [4.78, 5) is 0. The van der Waals surface area contributed by atoms with E-state index < -0.39 is 0 Å². The summed E-state index contributed by atoms with van der Waals surface area (Å²) in [5.74, 6) is 0. The smallest absolute Gasteiger partial charge is 0.851 e. The minimum absolute atomic E-state index is 0. The topological polar surface area (TPSA) is 23.1 Å². The number of hydrogen-bond acceptors (Lipinski definition) is 1. The van der Waals surface area contributed by atoms with Crippen LogP contribution < -0.4 is 34.7 Å². The van der Waals surface area contributed by atoms with Crippen LogP contribution in [0.25, 0.3) is 10.8 Å². The molecule has 2 rings (SSSR count). The van der Waals surface area contributed by atoms with Gasteiger partial charge in [-0.05, 0) is 17.7 Å². The molecule has 2 heteroatoms. The van der Waals surface area contributed by atoms with E-state index in [2.05, 4.69) is 25.1 Å². The zero-order valence-electron chi connectivity index (χ0n) is 8.58. The first kappa shape index (κ1) is 11.7. The molecule has 0 bridgehead atoms. The van der Waals surface area contributed by atoms with Crippen molar-refractivity contribution >= 4 is 10.8 Å². The second-order valence-electron chi connectivity index (χ2n) is 3.33. The third-order valence-corrected chi connectivity index (χ3v) is 2.23. The van der Waals surface area contributed by atoms with Crippen molar-refractivity contribution in [3.8, 4) is 0 Å². The second kappa shape index (κ2) is 4.94. The Kier molecular flexibility index (Phi) is 4.14. The average Bonchev–Trinajstić information content (AvgIpc) is 2.17. The first-order chi connectivity index (χ1) is 6.29. The number of benzene rings is 2. The van der Waals surface area contributed by atoms with Crippen LogP contribution in [0.3, 0.4) is 0 Å². The molecule has 0 saturated heterocycles. The molecule has 14 heavy (non-hydrogen) atoms. The van der Waals surface area contributed by atoms with Crippen LogP contribution in [0.2, 0.25) is 0 Å². The summed E-state index contributed by atoms with van der Waals surface area (Å²) in [6, 6.07) is 12.1. The van der Waals surface area contributed by atoms with Crippen molar-refractivity contribution in [3.63, 3.8) is 0 Å². The fourth-order valence-corrected chi connectivity index (χ4v) is 1.50. The van der Waals surface area contributed by atoms with E-state index in [-0.39, 0.29) is 36.2 Å². The van der Waals surface area contributed by atoms with Gasteiger partial charge in [-0.25, -0.2) is 0 Å². The molecule has 0 unspecified atom stereocenters. The van der Waals surface area contributed by atoms with Crippen molar-refractivity contribution in [1.82, 2.24) is 0 Å². The molecule has 0 aliphatic rings. The molecule has 1 nitrogen and oxygen atoms in total. The van der Waals surface area contributed by atoms with Crippen LogP contribution in [0, 0.1) is 6.92 Å². The summed E-state index contributed by atoms with van der Waals surface area (Å²) >= 11 is 0. The first-order valence-corrected chi connectivity index (χ1v) is 4.37. The maximum Gasteiger partial charge on any atom is 1.00 e. The zero-order valence-corrected chi connectivity index (χ0v) is 10.6. The summed E-state index contributed by atoms with van der Waals surface area (Å²) in [6.45, 7) is 1.94. The number of aryl methyl sites for hydroxylation is 1. The molecule has 0 aliphatic heterocycles. The van der Waals surface area contributed by atoms with E-state index in [0.717, 1.165) is 10.9 Å². The molecule has 2 aromatic rings. The Morgan fingerprint density at radius 1 is 1.00 bits per heavy atom. The van der Waals surface area contributed by atoms with Crippen LogP contribution in [0.4, 0.5) is 0 Å². The Morgan fingerprint density at radius 3 is 2.36 bits per heavy atom. The summed E-state index contributed by atoms with van der Waals surface area (Å²) < 4.78 is 0. The summed E-state index contributed by atoms with van der Waals surface area (Å²) in [6.07, 6.45) is 0. The first-order valence-electron chi connectivity index (χ1n) is 4.37. The molecule has 0 N–H and O–H groups in total. The van der Waals surface area contributed by atoms with Gasteiger partial charge in [0.2, 0.25) is 0 Å². The van der Waals surface area contributed by atoms with Crippen LogP contribution in [0.5, 0.6) is 0 Å². The van der Waals surface area contributed by atoms with Crippen molar-refractivity contribution in [2.45, 2.75) is 13.5 Å². The van der Waals surface area contributed by atoms with Gasteiger partial charge in [0.1, 0.15) is 0 Å². The molecule has 0 aromatic heterocycles. The van der Waals surface area contributed by atoms with E-state index in [4.69, 9.17) is 0 Å². The summed E-state index contributed by atoms with van der Waals surface area (Å²) in [5.41, 5.74) is 2.11. The number of hydrogen-bond donors (Lipinski definition) is 0. The van der Waals surface area contributed by atoms with E-state index in [1.807, 2.05) is 18.2 Å². The van der Waals surface area contributed by atoms with Gasteiger partial charge in [-0.15, -0.1) is 6.61 Å². The van der Waals surface area contributed by atoms with E-state index in [9.17, 15) is 5.11 Å². The Balaban J connectivity index is 0.000000980. The predicted octanol–water partition coefficient (Wildman–Crippen LogP) is -0.987. The Morgan fingerprint density at radius 2 is 1.64 bits per heavy atom. The maximum atomic E-state index is 10.6. The van der Waals surface area contributed by atoms with Crippen molar-refractivity contribution < 1.29 is 34.7 Å². The normalized spacial score (nSPS) is 9.86. The molecule has 0 saturated carbocycles. The maximum absolute atomic E-state index is 10.6. The van der Waals surface area contributed by atoms with Crippen LogP contribution >= 0.6 is 0 Å². The van der Waals surface area contributed by atoms with Gasteiger partial charge < -0.3 is 5.11 Å². The zero-order chi connectivity index (χ0) is 9.26. The number of fused-ring (bicyclic) bond motifs is 1. The molecule has 0 atom stereocenters. The van der Waals surface area contributed by atoms with E-state index in [0.29, 0.717) is 0 Å². The van der Waals surface area contributed by atoms with Gasteiger partial charge in [-0.1, -0.05) is 47.5 Å². The van der Waals surface area contributed by atoms with E-state index >= 15 is 0 Å². The van der Waals surface area contributed by atoms with Crippen LogP contribution in [0.15, 0.2) is 36.4 Å². The van der Waals surface area contributed by atoms with Gasteiger partial charge >= 0.3 is 29.6 Å². The fraction of sp³-hybridized carbons (Fsp3) is 0.167.